The van der Waals surface area contributed by atoms with Crippen LogP contribution in [0.15, 0.2) is 18.3 Å². The molecule has 0 aromatic carbocycles. The summed E-state index contributed by atoms with van der Waals surface area (Å²) in [4.78, 5) is 0. The second kappa shape index (κ2) is 3.67. The molecular formula is C12H17ClN2. The first-order valence-corrected chi connectivity index (χ1v) is 5.75. The summed E-state index contributed by atoms with van der Waals surface area (Å²) < 4.78 is 1.91. The molecule has 1 aromatic rings. The van der Waals surface area contributed by atoms with Crippen molar-refractivity contribution in [1.82, 2.24) is 9.78 Å². The van der Waals surface area contributed by atoms with Gasteiger partial charge in [-0.3, -0.25) is 4.68 Å². The van der Waals surface area contributed by atoms with Crippen molar-refractivity contribution in [3.63, 3.8) is 0 Å². The third-order valence-corrected chi connectivity index (χ3v) is 3.23. The molecule has 15 heavy (non-hydrogen) atoms. The van der Waals surface area contributed by atoms with E-state index in [1.165, 1.54) is 11.3 Å². The van der Waals surface area contributed by atoms with Gasteiger partial charge in [0.25, 0.3) is 0 Å². The van der Waals surface area contributed by atoms with Gasteiger partial charge in [0.2, 0.25) is 0 Å². The van der Waals surface area contributed by atoms with Crippen molar-refractivity contribution >= 4 is 17.2 Å². The Hall–Kier alpha value is -0.760. The molecule has 0 amide bonds. The van der Waals surface area contributed by atoms with Gasteiger partial charge in [-0.1, -0.05) is 19.9 Å². The molecule has 0 saturated heterocycles. The smallest absolute Gasteiger partial charge is 0.0636 e. The summed E-state index contributed by atoms with van der Waals surface area (Å²) in [7, 11) is 1.97. The highest BCUT2D eigenvalue weighted by molar-refractivity contribution is 6.22. The number of allylic oxidation sites excluding steroid dienone is 2. The summed E-state index contributed by atoms with van der Waals surface area (Å²) >= 11 is 6.26. The maximum absolute atomic E-state index is 6.26. The molecule has 0 fully saturated rings. The predicted molar refractivity (Wildman–Crippen MR) is 63.8 cm³/mol. The van der Waals surface area contributed by atoms with Crippen LogP contribution in [0, 0.1) is 5.41 Å². The van der Waals surface area contributed by atoms with Crippen LogP contribution in [0.2, 0.25) is 0 Å². The molecule has 0 N–H and O–H groups in total. The standard InChI is InChI=1S/C12H17ClN2/c1-12(2)7-9(6-10(13)8-12)11-4-5-14-15(11)3/h4-6,10H,7-8H2,1-3H3. The van der Waals surface area contributed by atoms with Gasteiger partial charge in [-0.2, -0.15) is 5.10 Å². The Labute approximate surface area is 95.9 Å². The number of alkyl halides is 1. The van der Waals surface area contributed by atoms with E-state index in [9.17, 15) is 0 Å². The molecule has 1 heterocycles. The lowest BCUT2D eigenvalue weighted by molar-refractivity contribution is 0.339. The average molecular weight is 225 g/mol. The monoisotopic (exact) mass is 224 g/mol. The van der Waals surface area contributed by atoms with E-state index < -0.39 is 0 Å². The lowest BCUT2D eigenvalue weighted by Gasteiger charge is -2.32. The Bertz CT molecular complexity index is 390. The SMILES string of the molecule is Cn1nccc1C1=CC(Cl)CC(C)(C)C1. The van der Waals surface area contributed by atoms with Gasteiger partial charge in [0.1, 0.15) is 0 Å². The number of aryl methyl sites for hydroxylation is 1. The van der Waals surface area contributed by atoms with E-state index in [1.54, 1.807) is 0 Å². The minimum absolute atomic E-state index is 0.152. The molecule has 3 heteroatoms. The number of nitrogens with zero attached hydrogens (tertiary/aromatic N) is 2. The van der Waals surface area contributed by atoms with Crippen molar-refractivity contribution in [3.8, 4) is 0 Å². The number of hydrogen-bond donors (Lipinski definition) is 0. The van der Waals surface area contributed by atoms with Crippen molar-refractivity contribution in [3.05, 3.63) is 24.0 Å². The minimum atomic E-state index is 0.152. The fraction of sp³-hybridized carbons (Fsp3) is 0.583. The molecule has 2 nitrogen and oxygen atoms in total. The van der Waals surface area contributed by atoms with Crippen LogP contribution < -0.4 is 0 Å². The maximum Gasteiger partial charge on any atom is 0.0636 e. The molecule has 0 saturated carbocycles. The Morgan fingerprint density at radius 3 is 2.80 bits per heavy atom. The zero-order chi connectivity index (χ0) is 11.1. The highest BCUT2D eigenvalue weighted by atomic mass is 35.5. The summed E-state index contributed by atoms with van der Waals surface area (Å²) in [6.07, 6.45) is 6.14. The molecule has 0 radical (unpaired) electrons. The normalized spacial score (nSPS) is 25.1. The second-order valence-corrected chi connectivity index (χ2v) is 5.65. The van der Waals surface area contributed by atoms with Crippen LogP contribution in [0.25, 0.3) is 5.57 Å². The summed E-state index contributed by atoms with van der Waals surface area (Å²) in [6, 6.07) is 2.05. The second-order valence-electron chi connectivity index (χ2n) is 5.09. The van der Waals surface area contributed by atoms with Crippen LogP contribution in [0.5, 0.6) is 0 Å². The molecule has 1 aliphatic carbocycles. The molecule has 82 valence electrons. The highest BCUT2D eigenvalue weighted by Crippen LogP contribution is 2.40. The van der Waals surface area contributed by atoms with Crippen LogP contribution in [-0.4, -0.2) is 15.2 Å². The fourth-order valence-corrected chi connectivity index (χ4v) is 2.89. The lowest BCUT2D eigenvalue weighted by Crippen LogP contribution is -2.22. The Kier molecular flexibility index (Phi) is 2.63. The minimum Gasteiger partial charge on any atom is -0.268 e. The number of halogens is 1. The summed E-state index contributed by atoms with van der Waals surface area (Å²) in [6.45, 7) is 4.54. The first kappa shape index (κ1) is 10.7. The molecule has 1 aromatic heterocycles. The highest BCUT2D eigenvalue weighted by Gasteiger charge is 2.28. The van der Waals surface area contributed by atoms with Crippen molar-refractivity contribution in [2.24, 2.45) is 12.5 Å². The van der Waals surface area contributed by atoms with Crippen molar-refractivity contribution in [2.45, 2.75) is 32.1 Å². The van der Waals surface area contributed by atoms with Gasteiger partial charge < -0.3 is 0 Å². The molecule has 2 rings (SSSR count). The van der Waals surface area contributed by atoms with Crippen LogP contribution in [0.1, 0.15) is 32.4 Å². The van der Waals surface area contributed by atoms with Gasteiger partial charge in [0.15, 0.2) is 0 Å². The third kappa shape index (κ3) is 2.25. The van der Waals surface area contributed by atoms with E-state index in [1.807, 2.05) is 17.9 Å². The lowest BCUT2D eigenvalue weighted by atomic mass is 9.76. The van der Waals surface area contributed by atoms with Crippen molar-refractivity contribution < 1.29 is 0 Å². The molecule has 1 atom stereocenters. The average Bonchev–Trinajstić information content (AvgIpc) is 2.47. The summed E-state index contributed by atoms with van der Waals surface area (Å²) in [5.41, 5.74) is 2.81. The molecule has 0 bridgehead atoms. The number of aromatic nitrogens is 2. The Morgan fingerprint density at radius 2 is 2.27 bits per heavy atom. The predicted octanol–water partition coefficient (Wildman–Crippen LogP) is 3.23. The maximum atomic E-state index is 6.26. The van der Waals surface area contributed by atoms with E-state index in [-0.39, 0.29) is 5.38 Å². The third-order valence-electron chi connectivity index (χ3n) is 2.95. The van der Waals surface area contributed by atoms with E-state index >= 15 is 0 Å². The quantitative estimate of drug-likeness (QED) is 0.670. The zero-order valence-corrected chi connectivity index (χ0v) is 10.3. The van der Waals surface area contributed by atoms with E-state index in [4.69, 9.17) is 11.6 Å². The summed E-state index contributed by atoms with van der Waals surface area (Å²) in [5, 5.41) is 4.35. The van der Waals surface area contributed by atoms with E-state index in [0.717, 1.165) is 12.8 Å². The van der Waals surface area contributed by atoms with E-state index in [0.29, 0.717) is 5.41 Å². The first-order chi connectivity index (χ1) is 6.98. The Balaban J connectivity index is 2.34. The zero-order valence-electron chi connectivity index (χ0n) is 9.50. The van der Waals surface area contributed by atoms with Crippen LogP contribution in [0.4, 0.5) is 0 Å². The van der Waals surface area contributed by atoms with Gasteiger partial charge in [0.05, 0.1) is 11.1 Å². The number of hydrogen-bond acceptors (Lipinski definition) is 1. The fourth-order valence-electron chi connectivity index (χ4n) is 2.32. The molecule has 1 aliphatic rings. The Morgan fingerprint density at radius 1 is 1.53 bits per heavy atom. The van der Waals surface area contributed by atoms with Crippen LogP contribution in [0.3, 0.4) is 0 Å². The summed E-state index contributed by atoms with van der Waals surface area (Å²) in [5.74, 6) is 0. The van der Waals surface area contributed by atoms with Crippen LogP contribution >= 0.6 is 11.6 Å². The van der Waals surface area contributed by atoms with Gasteiger partial charge >= 0.3 is 0 Å². The molecular weight excluding hydrogens is 208 g/mol. The van der Waals surface area contributed by atoms with Gasteiger partial charge in [0, 0.05) is 13.2 Å². The van der Waals surface area contributed by atoms with Crippen LogP contribution in [-0.2, 0) is 7.05 Å². The van der Waals surface area contributed by atoms with Crippen molar-refractivity contribution in [1.29, 1.82) is 0 Å². The molecule has 0 spiro atoms. The first-order valence-electron chi connectivity index (χ1n) is 5.31. The van der Waals surface area contributed by atoms with Gasteiger partial charge in [-0.25, -0.2) is 0 Å². The van der Waals surface area contributed by atoms with E-state index in [2.05, 4.69) is 31.1 Å². The number of rotatable bonds is 1. The van der Waals surface area contributed by atoms with Gasteiger partial charge in [-0.05, 0) is 29.9 Å². The van der Waals surface area contributed by atoms with Crippen molar-refractivity contribution in [2.75, 3.05) is 0 Å². The topological polar surface area (TPSA) is 17.8 Å². The van der Waals surface area contributed by atoms with Gasteiger partial charge in [-0.15, -0.1) is 11.6 Å². The largest absolute Gasteiger partial charge is 0.268 e. The molecule has 1 unspecified atom stereocenters. The molecule has 0 aliphatic heterocycles.